The Balaban J connectivity index is 1.82. The first-order valence-corrected chi connectivity index (χ1v) is 8.95. The second kappa shape index (κ2) is 5.40. The lowest BCUT2D eigenvalue weighted by Gasteiger charge is -2.29. The third-order valence-corrected chi connectivity index (χ3v) is 6.24. The molecule has 0 aromatic heterocycles. The van der Waals surface area contributed by atoms with Gasteiger partial charge >= 0.3 is 0 Å². The fourth-order valence-corrected chi connectivity index (χ4v) is 5.16. The molecule has 0 bridgehead atoms. The minimum absolute atomic E-state index is 0.0100. The van der Waals surface area contributed by atoms with Gasteiger partial charge < -0.3 is 10.2 Å². The molecular weight excluding hydrogens is 264 g/mol. The van der Waals surface area contributed by atoms with Gasteiger partial charge in [0.1, 0.15) is 0 Å². The average Bonchev–Trinajstić information content (AvgIpc) is 2.56. The van der Waals surface area contributed by atoms with Crippen LogP contribution in [-0.4, -0.2) is 51.0 Å². The Hall–Kier alpha value is -0.620. The van der Waals surface area contributed by atoms with Crippen molar-refractivity contribution < 1.29 is 18.1 Å². The summed E-state index contributed by atoms with van der Waals surface area (Å²) in [5, 5.41) is 2.93. The molecule has 2 aliphatic heterocycles. The van der Waals surface area contributed by atoms with Gasteiger partial charge in [0.15, 0.2) is 16.4 Å². The van der Waals surface area contributed by atoms with Gasteiger partial charge in [0.25, 0.3) is 5.91 Å². The van der Waals surface area contributed by atoms with E-state index in [1.807, 2.05) is 6.92 Å². The summed E-state index contributed by atoms with van der Waals surface area (Å²) in [7, 11) is -2.96. The molecule has 0 spiro atoms. The summed E-state index contributed by atoms with van der Waals surface area (Å²) < 4.78 is 23.0. The largest absolute Gasteiger partial charge is 0.345 e. The highest BCUT2D eigenvalue weighted by Gasteiger charge is 2.39. The molecule has 0 aromatic carbocycles. The molecule has 2 N–H and O–H groups in total. The molecule has 0 aliphatic carbocycles. The van der Waals surface area contributed by atoms with E-state index in [1.54, 1.807) is 0 Å². The number of rotatable bonds is 3. The molecule has 2 saturated heterocycles. The minimum Gasteiger partial charge on any atom is -0.345 e. The van der Waals surface area contributed by atoms with Crippen molar-refractivity contribution in [2.75, 3.05) is 31.1 Å². The Kier molecular flexibility index (Phi) is 4.20. The summed E-state index contributed by atoms with van der Waals surface area (Å²) in [5.41, 5.74) is -0.557. The van der Waals surface area contributed by atoms with Crippen molar-refractivity contribution in [1.82, 2.24) is 5.32 Å². The topological polar surface area (TPSA) is 67.7 Å². The first-order valence-electron chi connectivity index (χ1n) is 7.13. The van der Waals surface area contributed by atoms with E-state index in [0.717, 1.165) is 19.0 Å². The van der Waals surface area contributed by atoms with Gasteiger partial charge in [-0.05, 0) is 32.1 Å². The number of carbonyl (C=O) groups is 1. The van der Waals surface area contributed by atoms with E-state index < -0.39 is 15.4 Å². The summed E-state index contributed by atoms with van der Waals surface area (Å²) in [5.74, 6) is 1.03. The Morgan fingerprint density at radius 1 is 1.37 bits per heavy atom. The third-order valence-electron chi connectivity index (χ3n) is 4.34. The lowest BCUT2D eigenvalue weighted by molar-refractivity contribution is -0.898. The number of quaternary nitrogens is 1. The van der Waals surface area contributed by atoms with Gasteiger partial charge in [0.2, 0.25) is 0 Å². The van der Waals surface area contributed by atoms with E-state index in [1.165, 1.54) is 17.7 Å². The molecule has 0 saturated carbocycles. The molecule has 19 heavy (non-hydrogen) atoms. The molecule has 0 radical (unpaired) electrons. The molecule has 2 aliphatic rings. The van der Waals surface area contributed by atoms with Gasteiger partial charge in [-0.3, -0.25) is 4.79 Å². The van der Waals surface area contributed by atoms with E-state index in [2.05, 4.69) is 12.2 Å². The fourth-order valence-electron chi connectivity index (χ4n) is 3.06. The van der Waals surface area contributed by atoms with Crippen LogP contribution in [0, 0.1) is 5.92 Å². The van der Waals surface area contributed by atoms with Crippen LogP contribution >= 0.6 is 0 Å². The first kappa shape index (κ1) is 14.8. The number of carbonyl (C=O) groups excluding carboxylic acids is 1. The number of sulfone groups is 1. The van der Waals surface area contributed by atoms with Crippen LogP contribution < -0.4 is 10.2 Å². The zero-order valence-electron chi connectivity index (χ0n) is 11.9. The minimum atomic E-state index is -2.96. The van der Waals surface area contributed by atoms with Crippen LogP contribution in [0.3, 0.4) is 0 Å². The zero-order valence-corrected chi connectivity index (χ0v) is 12.7. The standard InChI is InChI=1S/C13H24N2O3S/c1-11-3-6-15(7-4-11)9-12(16)14-13(2)5-8-19(17,18)10-13/h11H,3-10H2,1-2H3,(H,14,16)/p+1/t13-/m1/s1. The normalized spacial score (nSPS) is 38.0. The second-order valence-corrected chi connectivity index (χ2v) is 8.74. The zero-order chi connectivity index (χ0) is 14.1. The van der Waals surface area contributed by atoms with Gasteiger partial charge in [-0.1, -0.05) is 6.92 Å². The summed E-state index contributed by atoms with van der Waals surface area (Å²) in [4.78, 5) is 13.4. The molecule has 2 rings (SSSR count). The number of hydrogen-bond acceptors (Lipinski definition) is 3. The predicted octanol–water partition coefficient (Wildman–Crippen LogP) is -1.01. The fraction of sp³-hybridized carbons (Fsp3) is 0.923. The SMILES string of the molecule is CC1CC[NH+](CC(=O)N[C@]2(C)CCS(=O)(=O)C2)CC1. The maximum absolute atomic E-state index is 12.0. The summed E-state index contributed by atoms with van der Waals surface area (Å²) >= 11 is 0. The number of nitrogens with one attached hydrogen (secondary N) is 2. The van der Waals surface area contributed by atoms with Gasteiger partial charge in [-0.15, -0.1) is 0 Å². The molecule has 1 atom stereocenters. The van der Waals surface area contributed by atoms with Crippen molar-refractivity contribution in [2.45, 2.75) is 38.6 Å². The van der Waals surface area contributed by atoms with E-state index in [0.29, 0.717) is 13.0 Å². The van der Waals surface area contributed by atoms with Gasteiger partial charge in [0, 0.05) is 0 Å². The maximum atomic E-state index is 12.0. The molecule has 6 heteroatoms. The number of hydrogen-bond donors (Lipinski definition) is 2. The van der Waals surface area contributed by atoms with Crippen LogP contribution in [0.5, 0.6) is 0 Å². The molecule has 0 unspecified atom stereocenters. The average molecular weight is 289 g/mol. The Morgan fingerprint density at radius 3 is 2.53 bits per heavy atom. The quantitative estimate of drug-likeness (QED) is 0.700. The maximum Gasteiger partial charge on any atom is 0.275 e. The molecule has 1 amide bonds. The van der Waals surface area contributed by atoms with Crippen molar-refractivity contribution in [3.8, 4) is 0 Å². The van der Waals surface area contributed by atoms with Crippen LogP contribution in [0.4, 0.5) is 0 Å². The third kappa shape index (κ3) is 4.18. The molecule has 2 fully saturated rings. The van der Waals surface area contributed by atoms with Crippen LogP contribution in [0.2, 0.25) is 0 Å². The highest BCUT2D eigenvalue weighted by Crippen LogP contribution is 2.22. The van der Waals surface area contributed by atoms with Crippen molar-refractivity contribution >= 4 is 15.7 Å². The number of likely N-dealkylation sites (tertiary alicyclic amines) is 1. The molecule has 2 heterocycles. The van der Waals surface area contributed by atoms with Gasteiger partial charge in [0.05, 0.1) is 30.1 Å². The summed E-state index contributed by atoms with van der Waals surface area (Å²) in [6.07, 6.45) is 2.88. The summed E-state index contributed by atoms with van der Waals surface area (Å²) in [6, 6.07) is 0. The number of piperidine rings is 1. The van der Waals surface area contributed by atoms with Crippen LogP contribution in [0.1, 0.15) is 33.1 Å². The molecule has 5 nitrogen and oxygen atoms in total. The van der Waals surface area contributed by atoms with Crippen LogP contribution in [-0.2, 0) is 14.6 Å². The molecular formula is C13H25N2O3S+. The van der Waals surface area contributed by atoms with Gasteiger partial charge in [-0.25, -0.2) is 8.42 Å². The second-order valence-electron chi connectivity index (χ2n) is 6.56. The predicted molar refractivity (Wildman–Crippen MR) is 73.8 cm³/mol. The van der Waals surface area contributed by atoms with Gasteiger partial charge in [-0.2, -0.15) is 0 Å². The monoisotopic (exact) mass is 289 g/mol. The highest BCUT2D eigenvalue weighted by molar-refractivity contribution is 7.91. The Morgan fingerprint density at radius 2 is 2.00 bits per heavy atom. The van der Waals surface area contributed by atoms with Crippen molar-refractivity contribution in [2.24, 2.45) is 5.92 Å². The van der Waals surface area contributed by atoms with Crippen molar-refractivity contribution in [1.29, 1.82) is 0 Å². The summed E-state index contributed by atoms with van der Waals surface area (Å²) in [6.45, 7) is 6.65. The van der Waals surface area contributed by atoms with Crippen molar-refractivity contribution in [3.63, 3.8) is 0 Å². The lowest BCUT2D eigenvalue weighted by Crippen LogP contribution is -3.14. The lowest BCUT2D eigenvalue weighted by atomic mass is 9.99. The van der Waals surface area contributed by atoms with Crippen molar-refractivity contribution in [3.05, 3.63) is 0 Å². The van der Waals surface area contributed by atoms with Crippen LogP contribution in [0.25, 0.3) is 0 Å². The van der Waals surface area contributed by atoms with E-state index >= 15 is 0 Å². The first-order chi connectivity index (χ1) is 8.78. The molecule has 0 aromatic rings. The Bertz CT molecular complexity index is 441. The van der Waals surface area contributed by atoms with E-state index in [-0.39, 0.29) is 17.4 Å². The Labute approximate surface area is 115 Å². The highest BCUT2D eigenvalue weighted by atomic mass is 32.2. The number of amides is 1. The molecule has 110 valence electrons. The smallest absolute Gasteiger partial charge is 0.275 e. The van der Waals surface area contributed by atoms with E-state index in [9.17, 15) is 13.2 Å². The van der Waals surface area contributed by atoms with Crippen LogP contribution in [0.15, 0.2) is 0 Å². The van der Waals surface area contributed by atoms with E-state index in [4.69, 9.17) is 0 Å².